The van der Waals surface area contributed by atoms with E-state index in [1.165, 1.54) is 12.1 Å². The van der Waals surface area contributed by atoms with E-state index in [1.807, 2.05) is 13.0 Å². The third-order valence-electron chi connectivity index (χ3n) is 5.55. The second-order valence-electron chi connectivity index (χ2n) is 7.72. The molecule has 2 fully saturated rings. The van der Waals surface area contributed by atoms with Gasteiger partial charge in [0.05, 0.1) is 5.56 Å². The van der Waals surface area contributed by atoms with Crippen LogP contribution in [0.25, 0.3) is 0 Å². The van der Waals surface area contributed by atoms with Gasteiger partial charge >= 0.3 is 6.18 Å². The summed E-state index contributed by atoms with van der Waals surface area (Å²) in [5.41, 5.74) is 0.148. The molecule has 2 aliphatic rings. The van der Waals surface area contributed by atoms with Crippen LogP contribution in [0.15, 0.2) is 30.3 Å². The number of rotatable bonds is 3. The molecule has 0 N–H and O–H groups in total. The summed E-state index contributed by atoms with van der Waals surface area (Å²) in [6.07, 6.45) is -2.18. The number of halogens is 3. The fourth-order valence-electron chi connectivity index (χ4n) is 3.91. The number of carbonyl (C=O) groups is 1. The van der Waals surface area contributed by atoms with Crippen LogP contribution in [-0.2, 0) is 6.18 Å². The van der Waals surface area contributed by atoms with Crippen molar-refractivity contribution >= 4 is 17.7 Å². The van der Waals surface area contributed by atoms with Crippen LogP contribution in [0.3, 0.4) is 0 Å². The van der Waals surface area contributed by atoms with Crippen LogP contribution in [0.2, 0.25) is 0 Å². The van der Waals surface area contributed by atoms with Crippen LogP contribution in [-0.4, -0.2) is 60.0 Å². The van der Waals surface area contributed by atoms with Crippen molar-refractivity contribution < 1.29 is 18.0 Å². The Morgan fingerprint density at radius 1 is 0.933 bits per heavy atom. The summed E-state index contributed by atoms with van der Waals surface area (Å²) in [6, 6.07) is 6.54. The van der Waals surface area contributed by atoms with E-state index < -0.39 is 11.7 Å². The Bertz CT molecular complexity index is 919. The molecule has 9 heteroatoms. The number of amides is 1. The van der Waals surface area contributed by atoms with Crippen molar-refractivity contribution in [3.05, 3.63) is 47.2 Å². The molecule has 0 saturated carbocycles. The van der Waals surface area contributed by atoms with Crippen molar-refractivity contribution in [3.8, 4) is 0 Å². The first kappa shape index (κ1) is 20.4. The molecule has 2 saturated heterocycles. The predicted octanol–water partition coefficient (Wildman–Crippen LogP) is 3.37. The molecule has 30 heavy (non-hydrogen) atoms. The SMILES string of the molecule is Cc1cc(N2CCN(C(=O)c3cccc(C(F)(F)F)c3)CC2)nc(N2CCCC2)n1. The molecule has 1 amide bonds. The van der Waals surface area contributed by atoms with E-state index in [4.69, 9.17) is 4.98 Å². The first-order valence-electron chi connectivity index (χ1n) is 10.1. The zero-order valence-electron chi connectivity index (χ0n) is 16.8. The highest BCUT2D eigenvalue weighted by molar-refractivity contribution is 5.94. The smallest absolute Gasteiger partial charge is 0.353 e. The molecule has 1 aromatic heterocycles. The highest BCUT2D eigenvalue weighted by atomic mass is 19.4. The van der Waals surface area contributed by atoms with E-state index in [-0.39, 0.29) is 11.5 Å². The van der Waals surface area contributed by atoms with E-state index in [2.05, 4.69) is 14.8 Å². The summed E-state index contributed by atoms with van der Waals surface area (Å²) in [5, 5.41) is 0. The van der Waals surface area contributed by atoms with Gasteiger partial charge < -0.3 is 14.7 Å². The number of carbonyl (C=O) groups excluding carboxylic acids is 1. The second-order valence-corrected chi connectivity index (χ2v) is 7.72. The third-order valence-corrected chi connectivity index (χ3v) is 5.55. The molecule has 2 aromatic rings. The summed E-state index contributed by atoms with van der Waals surface area (Å²) in [6.45, 7) is 5.86. The van der Waals surface area contributed by atoms with Crippen molar-refractivity contribution in [2.75, 3.05) is 49.1 Å². The average molecular weight is 419 g/mol. The molecule has 3 heterocycles. The van der Waals surface area contributed by atoms with Crippen molar-refractivity contribution in [1.29, 1.82) is 0 Å². The molecule has 0 aliphatic carbocycles. The standard InChI is InChI=1S/C21H24F3N5O/c1-15-13-18(26-20(25-15)29-7-2-3-8-29)27-9-11-28(12-10-27)19(30)16-5-4-6-17(14-16)21(22,23)24/h4-6,13-14H,2-3,7-12H2,1H3. The van der Waals surface area contributed by atoms with Gasteiger partial charge in [-0.15, -0.1) is 0 Å². The Morgan fingerprint density at radius 2 is 1.63 bits per heavy atom. The topological polar surface area (TPSA) is 52.6 Å². The van der Waals surface area contributed by atoms with E-state index in [0.717, 1.165) is 55.5 Å². The lowest BCUT2D eigenvalue weighted by Gasteiger charge is -2.36. The van der Waals surface area contributed by atoms with Gasteiger partial charge in [-0.1, -0.05) is 6.07 Å². The number of aryl methyl sites for hydroxylation is 1. The minimum Gasteiger partial charge on any atom is -0.353 e. The molecular formula is C21H24F3N5O. The number of nitrogens with zero attached hydrogens (tertiary/aromatic N) is 5. The van der Waals surface area contributed by atoms with Crippen molar-refractivity contribution in [3.63, 3.8) is 0 Å². The van der Waals surface area contributed by atoms with Gasteiger partial charge in [0.1, 0.15) is 5.82 Å². The molecule has 0 bridgehead atoms. The molecule has 6 nitrogen and oxygen atoms in total. The highest BCUT2D eigenvalue weighted by Gasteiger charge is 2.32. The molecule has 0 radical (unpaired) electrons. The number of hydrogen-bond donors (Lipinski definition) is 0. The van der Waals surface area contributed by atoms with Gasteiger partial charge in [0.25, 0.3) is 5.91 Å². The van der Waals surface area contributed by atoms with Crippen LogP contribution in [0.5, 0.6) is 0 Å². The normalized spacial score (nSPS) is 17.5. The van der Waals surface area contributed by atoms with E-state index >= 15 is 0 Å². The Balaban J connectivity index is 1.43. The lowest BCUT2D eigenvalue weighted by molar-refractivity contribution is -0.137. The minimum absolute atomic E-state index is 0.0625. The van der Waals surface area contributed by atoms with Crippen molar-refractivity contribution in [2.45, 2.75) is 25.9 Å². The monoisotopic (exact) mass is 419 g/mol. The van der Waals surface area contributed by atoms with Crippen LogP contribution in [0.1, 0.15) is 34.5 Å². The molecular weight excluding hydrogens is 395 g/mol. The maximum atomic E-state index is 12.9. The molecule has 1 aromatic carbocycles. The summed E-state index contributed by atoms with van der Waals surface area (Å²) in [7, 11) is 0. The van der Waals surface area contributed by atoms with Crippen LogP contribution < -0.4 is 9.80 Å². The number of hydrogen-bond acceptors (Lipinski definition) is 5. The van der Waals surface area contributed by atoms with Gasteiger partial charge in [0.2, 0.25) is 5.95 Å². The van der Waals surface area contributed by atoms with Gasteiger partial charge in [0, 0.05) is 56.6 Å². The molecule has 0 unspecified atom stereocenters. The largest absolute Gasteiger partial charge is 0.416 e. The van der Waals surface area contributed by atoms with E-state index in [9.17, 15) is 18.0 Å². The van der Waals surface area contributed by atoms with Crippen molar-refractivity contribution in [1.82, 2.24) is 14.9 Å². The maximum absolute atomic E-state index is 12.9. The van der Waals surface area contributed by atoms with Crippen molar-refractivity contribution in [2.24, 2.45) is 0 Å². The van der Waals surface area contributed by atoms with Crippen LogP contribution in [0, 0.1) is 6.92 Å². The average Bonchev–Trinajstić information content (AvgIpc) is 3.27. The Hall–Kier alpha value is -2.84. The van der Waals surface area contributed by atoms with Gasteiger partial charge in [-0.3, -0.25) is 4.79 Å². The zero-order valence-corrected chi connectivity index (χ0v) is 16.8. The summed E-state index contributed by atoms with van der Waals surface area (Å²) < 4.78 is 38.8. The quantitative estimate of drug-likeness (QED) is 0.764. The number of anilines is 2. The van der Waals surface area contributed by atoms with Crippen LogP contribution in [0.4, 0.5) is 24.9 Å². The number of aromatic nitrogens is 2. The number of alkyl halides is 3. The maximum Gasteiger partial charge on any atom is 0.416 e. The van der Waals surface area contributed by atoms with Crippen LogP contribution >= 0.6 is 0 Å². The fraction of sp³-hybridized carbons (Fsp3) is 0.476. The number of benzene rings is 1. The first-order valence-corrected chi connectivity index (χ1v) is 10.1. The van der Waals surface area contributed by atoms with Gasteiger partial charge in [-0.25, -0.2) is 4.98 Å². The Labute approximate surface area is 173 Å². The molecule has 160 valence electrons. The predicted molar refractivity (Wildman–Crippen MR) is 108 cm³/mol. The third kappa shape index (κ3) is 4.34. The number of piperazine rings is 1. The zero-order chi connectivity index (χ0) is 21.3. The molecule has 0 spiro atoms. The minimum atomic E-state index is -4.47. The van der Waals surface area contributed by atoms with Gasteiger partial charge in [0.15, 0.2) is 0 Å². The molecule has 4 rings (SSSR count). The summed E-state index contributed by atoms with van der Waals surface area (Å²) in [5.74, 6) is 1.19. The first-order chi connectivity index (χ1) is 14.3. The Morgan fingerprint density at radius 3 is 2.30 bits per heavy atom. The van der Waals surface area contributed by atoms with Gasteiger partial charge in [-0.05, 0) is 38.0 Å². The summed E-state index contributed by atoms with van der Waals surface area (Å²) >= 11 is 0. The Kier molecular flexibility index (Phi) is 5.53. The van der Waals surface area contributed by atoms with Gasteiger partial charge in [-0.2, -0.15) is 18.2 Å². The lowest BCUT2D eigenvalue weighted by Crippen LogP contribution is -2.49. The molecule has 0 atom stereocenters. The van der Waals surface area contributed by atoms with E-state index in [1.54, 1.807) is 4.90 Å². The second kappa shape index (κ2) is 8.12. The lowest BCUT2D eigenvalue weighted by atomic mass is 10.1. The fourth-order valence-corrected chi connectivity index (χ4v) is 3.91. The highest BCUT2D eigenvalue weighted by Crippen LogP contribution is 2.30. The summed E-state index contributed by atoms with van der Waals surface area (Å²) in [4.78, 5) is 27.9. The van der Waals surface area contributed by atoms with E-state index in [0.29, 0.717) is 26.2 Å². The molecule has 2 aliphatic heterocycles.